The van der Waals surface area contributed by atoms with Crippen molar-refractivity contribution in [2.45, 2.75) is 6.92 Å². The highest BCUT2D eigenvalue weighted by Gasteiger charge is 2.10. The summed E-state index contributed by atoms with van der Waals surface area (Å²) in [5.41, 5.74) is 0.728. The first-order valence-electron chi connectivity index (χ1n) is 8.15. The molecule has 0 radical (unpaired) electrons. The number of likely N-dealkylation sites (N-methyl/N-ethyl adjacent to an activating group) is 1. The molecule has 2 aromatic carbocycles. The van der Waals surface area contributed by atoms with Gasteiger partial charge in [0.2, 0.25) is 5.91 Å². The van der Waals surface area contributed by atoms with Gasteiger partial charge in [-0.1, -0.05) is 28.9 Å². The molecule has 0 heterocycles. The number of nitrogens with zero attached hydrogens (tertiary/aromatic N) is 1. The van der Waals surface area contributed by atoms with E-state index in [1.54, 1.807) is 13.2 Å². The van der Waals surface area contributed by atoms with Crippen LogP contribution in [0.25, 0.3) is 0 Å². The lowest BCUT2D eigenvalue weighted by Gasteiger charge is -2.20. The maximum atomic E-state index is 12.2. The number of ether oxygens (including phenoxy) is 2. The molecule has 0 fully saturated rings. The Bertz CT molecular complexity index is 677. The van der Waals surface area contributed by atoms with Gasteiger partial charge in [-0.3, -0.25) is 9.69 Å². The summed E-state index contributed by atoms with van der Waals surface area (Å²) in [4.78, 5) is 14.2. The normalized spacial score (nSPS) is 10.6. The van der Waals surface area contributed by atoms with E-state index in [0.29, 0.717) is 25.4 Å². The molecule has 0 saturated carbocycles. The van der Waals surface area contributed by atoms with Crippen molar-refractivity contribution in [2.24, 2.45) is 0 Å². The van der Waals surface area contributed by atoms with Crippen LogP contribution in [0, 0.1) is 0 Å². The first kappa shape index (κ1) is 19.3. The van der Waals surface area contributed by atoms with Crippen molar-refractivity contribution in [1.29, 1.82) is 0 Å². The van der Waals surface area contributed by atoms with Crippen molar-refractivity contribution in [1.82, 2.24) is 4.90 Å². The van der Waals surface area contributed by atoms with Gasteiger partial charge in [-0.15, -0.1) is 0 Å². The Hall–Kier alpha value is -2.05. The fourth-order valence-corrected chi connectivity index (χ4v) is 2.54. The molecule has 25 heavy (non-hydrogen) atoms. The fourth-order valence-electron chi connectivity index (χ4n) is 2.28. The Labute approximate surface area is 157 Å². The van der Waals surface area contributed by atoms with Gasteiger partial charge in [0.25, 0.3) is 0 Å². The van der Waals surface area contributed by atoms with Crippen molar-refractivity contribution in [3.8, 4) is 11.5 Å². The maximum absolute atomic E-state index is 12.2. The molecule has 1 amide bonds. The Morgan fingerprint density at radius 3 is 2.60 bits per heavy atom. The van der Waals surface area contributed by atoms with Gasteiger partial charge in [0.05, 0.1) is 13.7 Å². The van der Waals surface area contributed by atoms with Gasteiger partial charge in [0, 0.05) is 22.8 Å². The zero-order valence-electron chi connectivity index (χ0n) is 14.5. The number of hydrogen-bond acceptors (Lipinski definition) is 4. The van der Waals surface area contributed by atoms with Gasteiger partial charge in [0.1, 0.15) is 18.1 Å². The van der Waals surface area contributed by atoms with Crippen LogP contribution >= 0.6 is 15.9 Å². The molecular weight excluding hydrogens is 384 g/mol. The number of hydrogen-bond donors (Lipinski definition) is 1. The molecule has 0 aliphatic rings. The molecule has 0 bridgehead atoms. The second-order valence-corrected chi connectivity index (χ2v) is 6.37. The van der Waals surface area contributed by atoms with Crippen molar-refractivity contribution in [3.05, 3.63) is 53.0 Å². The van der Waals surface area contributed by atoms with E-state index in [-0.39, 0.29) is 5.91 Å². The summed E-state index contributed by atoms with van der Waals surface area (Å²) in [5.74, 6) is 1.48. The van der Waals surface area contributed by atoms with Crippen molar-refractivity contribution in [2.75, 3.05) is 38.7 Å². The Balaban J connectivity index is 1.77. The average molecular weight is 407 g/mol. The molecule has 0 unspecified atom stereocenters. The number of amides is 1. The lowest BCUT2D eigenvalue weighted by atomic mass is 10.3. The number of carbonyl (C=O) groups is 1. The number of nitrogens with one attached hydrogen (secondary N) is 1. The van der Waals surface area contributed by atoms with E-state index in [1.807, 2.05) is 54.3 Å². The van der Waals surface area contributed by atoms with E-state index in [1.165, 1.54) is 0 Å². The van der Waals surface area contributed by atoms with Crippen LogP contribution in [0.2, 0.25) is 0 Å². The third-order valence-corrected chi connectivity index (χ3v) is 4.19. The summed E-state index contributed by atoms with van der Waals surface area (Å²) >= 11 is 3.40. The molecule has 0 saturated heterocycles. The summed E-state index contributed by atoms with van der Waals surface area (Å²) in [5, 5.41) is 2.89. The summed E-state index contributed by atoms with van der Waals surface area (Å²) in [6.07, 6.45) is 0. The summed E-state index contributed by atoms with van der Waals surface area (Å²) in [6, 6.07) is 15.0. The van der Waals surface area contributed by atoms with Crippen LogP contribution in [-0.2, 0) is 4.79 Å². The summed E-state index contributed by atoms with van der Waals surface area (Å²) in [6.45, 7) is 4.32. The van der Waals surface area contributed by atoms with Gasteiger partial charge < -0.3 is 14.8 Å². The van der Waals surface area contributed by atoms with E-state index >= 15 is 0 Å². The second kappa shape index (κ2) is 10.1. The zero-order chi connectivity index (χ0) is 18.1. The quantitative estimate of drug-likeness (QED) is 0.687. The van der Waals surface area contributed by atoms with Crippen LogP contribution in [0.5, 0.6) is 11.5 Å². The van der Waals surface area contributed by atoms with Gasteiger partial charge in [-0.2, -0.15) is 0 Å². The maximum Gasteiger partial charge on any atom is 0.238 e. The minimum Gasteiger partial charge on any atom is -0.497 e. The molecule has 0 aliphatic carbocycles. The third-order valence-electron chi connectivity index (χ3n) is 3.66. The van der Waals surface area contributed by atoms with Crippen LogP contribution in [0.3, 0.4) is 0 Å². The molecule has 0 spiro atoms. The number of benzene rings is 2. The highest BCUT2D eigenvalue weighted by molar-refractivity contribution is 9.10. The lowest BCUT2D eigenvalue weighted by Crippen LogP contribution is -2.35. The smallest absolute Gasteiger partial charge is 0.238 e. The summed E-state index contributed by atoms with van der Waals surface area (Å²) in [7, 11) is 1.60. The fraction of sp³-hybridized carbons (Fsp3) is 0.316. The van der Waals surface area contributed by atoms with Crippen LogP contribution in [-0.4, -0.2) is 44.2 Å². The Kier molecular flexibility index (Phi) is 7.76. The van der Waals surface area contributed by atoms with Crippen LogP contribution in [0.1, 0.15) is 6.92 Å². The number of rotatable bonds is 9. The van der Waals surface area contributed by atoms with E-state index in [9.17, 15) is 4.79 Å². The third kappa shape index (κ3) is 6.76. The molecule has 2 rings (SSSR count). The minimum atomic E-state index is -0.0567. The number of methoxy groups -OCH3 is 1. The van der Waals surface area contributed by atoms with Crippen LogP contribution < -0.4 is 14.8 Å². The standard InChI is InChI=1S/C19H23BrN2O3/c1-3-22(11-12-25-17-9-7-15(20)8-10-17)14-19(23)21-16-5-4-6-18(13-16)24-2/h4-10,13H,3,11-12,14H2,1-2H3,(H,21,23). The van der Waals surface area contributed by atoms with E-state index < -0.39 is 0 Å². The Morgan fingerprint density at radius 1 is 1.16 bits per heavy atom. The van der Waals surface area contributed by atoms with E-state index in [4.69, 9.17) is 9.47 Å². The zero-order valence-corrected chi connectivity index (χ0v) is 16.1. The molecule has 1 N–H and O–H groups in total. The first-order valence-corrected chi connectivity index (χ1v) is 8.94. The van der Waals surface area contributed by atoms with Crippen molar-refractivity contribution < 1.29 is 14.3 Å². The van der Waals surface area contributed by atoms with Crippen molar-refractivity contribution >= 4 is 27.5 Å². The minimum absolute atomic E-state index is 0.0567. The molecule has 2 aromatic rings. The van der Waals surface area contributed by atoms with Crippen LogP contribution in [0.4, 0.5) is 5.69 Å². The monoisotopic (exact) mass is 406 g/mol. The number of halogens is 1. The molecule has 0 aliphatic heterocycles. The van der Waals surface area contributed by atoms with E-state index in [2.05, 4.69) is 21.2 Å². The van der Waals surface area contributed by atoms with Gasteiger partial charge in [-0.05, 0) is 42.9 Å². The predicted molar refractivity (Wildman–Crippen MR) is 103 cm³/mol. The van der Waals surface area contributed by atoms with Gasteiger partial charge in [-0.25, -0.2) is 0 Å². The largest absolute Gasteiger partial charge is 0.497 e. The van der Waals surface area contributed by atoms with E-state index in [0.717, 1.165) is 22.5 Å². The molecule has 0 aromatic heterocycles. The topological polar surface area (TPSA) is 50.8 Å². The second-order valence-electron chi connectivity index (χ2n) is 5.45. The molecule has 134 valence electrons. The van der Waals surface area contributed by atoms with Gasteiger partial charge in [0.15, 0.2) is 0 Å². The van der Waals surface area contributed by atoms with Gasteiger partial charge >= 0.3 is 0 Å². The number of anilines is 1. The number of carbonyl (C=O) groups excluding carboxylic acids is 1. The van der Waals surface area contributed by atoms with Crippen molar-refractivity contribution in [3.63, 3.8) is 0 Å². The molecule has 5 nitrogen and oxygen atoms in total. The average Bonchev–Trinajstić information content (AvgIpc) is 2.62. The summed E-state index contributed by atoms with van der Waals surface area (Å²) < 4.78 is 11.9. The SMILES string of the molecule is CCN(CCOc1ccc(Br)cc1)CC(=O)Nc1cccc(OC)c1. The van der Waals surface area contributed by atoms with Crippen LogP contribution in [0.15, 0.2) is 53.0 Å². The molecule has 0 atom stereocenters. The first-order chi connectivity index (χ1) is 12.1. The lowest BCUT2D eigenvalue weighted by molar-refractivity contribution is -0.117. The molecule has 6 heteroatoms. The highest BCUT2D eigenvalue weighted by atomic mass is 79.9. The predicted octanol–water partition coefficient (Wildman–Crippen LogP) is 3.80. The Morgan fingerprint density at radius 2 is 1.92 bits per heavy atom. The molecular formula is C19H23BrN2O3. The highest BCUT2D eigenvalue weighted by Crippen LogP contribution is 2.17.